The van der Waals surface area contributed by atoms with Gasteiger partial charge in [-0.3, -0.25) is 4.90 Å². The molecule has 2 fully saturated rings. The Bertz CT molecular complexity index is 758. The molecule has 2 aliphatic rings. The van der Waals surface area contributed by atoms with Crippen LogP contribution in [-0.4, -0.2) is 69.2 Å². The smallest absolute Gasteiger partial charge is 0.409 e. The molecule has 1 saturated carbocycles. The number of sulfonamides is 1. The van der Waals surface area contributed by atoms with Crippen LogP contribution in [-0.2, 0) is 14.8 Å². The molecule has 28 heavy (non-hydrogen) atoms. The van der Waals surface area contributed by atoms with Gasteiger partial charge in [-0.1, -0.05) is 30.5 Å². The highest BCUT2D eigenvalue weighted by Gasteiger charge is 2.35. The molecule has 2 atom stereocenters. The first-order valence-electron chi connectivity index (χ1n) is 10.2. The number of benzene rings is 1. The number of nitrogens with one attached hydrogen (secondary N) is 1. The third-order valence-electron chi connectivity index (χ3n) is 5.68. The Hall–Kier alpha value is -1.64. The van der Waals surface area contributed by atoms with Crippen LogP contribution in [0.2, 0.25) is 0 Å². The first-order chi connectivity index (χ1) is 13.4. The molecule has 156 valence electrons. The minimum Gasteiger partial charge on any atom is -0.450 e. The maximum absolute atomic E-state index is 12.9. The molecule has 1 aromatic rings. The number of hydrogen-bond acceptors (Lipinski definition) is 5. The van der Waals surface area contributed by atoms with Gasteiger partial charge >= 0.3 is 6.09 Å². The van der Waals surface area contributed by atoms with E-state index in [1.54, 1.807) is 24.0 Å². The van der Waals surface area contributed by atoms with Crippen LogP contribution in [0.1, 0.15) is 38.2 Å². The summed E-state index contributed by atoms with van der Waals surface area (Å²) in [5.74, 6) is 0. The van der Waals surface area contributed by atoms with Crippen LogP contribution in [0, 0.1) is 6.92 Å². The fourth-order valence-corrected chi connectivity index (χ4v) is 5.43. The van der Waals surface area contributed by atoms with Gasteiger partial charge in [0.1, 0.15) is 0 Å². The highest BCUT2D eigenvalue weighted by molar-refractivity contribution is 7.89. The van der Waals surface area contributed by atoms with Crippen LogP contribution in [0.3, 0.4) is 0 Å². The summed E-state index contributed by atoms with van der Waals surface area (Å²) in [5, 5.41) is 0. The minimum atomic E-state index is -3.54. The Kier molecular flexibility index (Phi) is 6.95. The number of rotatable bonds is 5. The van der Waals surface area contributed by atoms with Crippen LogP contribution < -0.4 is 4.72 Å². The summed E-state index contributed by atoms with van der Waals surface area (Å²) in [6, 6.07) is 7.03. The number of carbonyl (C=O) groups excluding carboxylic acids is 1. The van der Waals surface area contributed by atoms with E-state index < -0.39 is 10.0 Å². The second-order valence-corrected chi connectivity index (χ2v) is 9.33. The molecule has 0 bridgehead atoms. The van der Waals surface area contributed by atoms with Gasteiger partial charge in [-0.25, -0.2) is 17.9 Å². The number of carbonyl (C=O) groups is 1. The molecule has 0 spiro atoms. The van der Waals surface area contributed by atoms with Crippen molar-refractivity contribution in [2.24, 2.45) is 0 Å². The zero-order valence-corrected chi connectivity index (χ0v) is 17.6. The van der Waals surface area contributed by atoms with E-state index in [0.29, 0.717) is 24.6 Å². The predicted molar refractivity (Wildman–Crippen MR) is 108 cm³/mol. The molecule has 1 aromatic carbocycles. The molecular weight excluding hydrogens is 378 g/mol. The lowest BCUT2D eigenvalue weighted by molar-refractivity contribution is 0.0511. The highest BCUT2D eigenvalue weighted by Crippen LogP contribution is 2.26. The monoisotopic (exact) mass is 409 g/mol. The van der Waals surface area contributed by atoms with Crippen molar-refractivity contribution in [2.45, 2.75) is 56.5 Å². The van der Waals surface area contributed by atoms with E-state index in [4.69, 9.17) is 4.74 Å². The molecule has 1 heterocycles. The molecule has 1 saturated heterocycles. The SMILES string of the molecule is CCOC(=O)N1CCN([C@H]2CCCC[C@@H]2NS(=O)(=O)c2ccc(C)cc2)CC1. The van der Waals surface area contributed by atoms with Crippen LogP contribution >= 0.6 is 0 Å². The van der Waals surface area contributed by atoms with Crippen LogP contribution in [0.4, 0.5) is 4.79 Å². The Morgan fingerprint density at radius 2 is 1.75 bits per heavy atom. The molecule has 8 heteroatoms. The zero-order valence-electron chi connectivity index (χ0n) is 16.8. The summed E-state index contributed by atoms with van der Waals surface area (Å²) >= 11 is 0. The highest BCUT2D eigenvalue weighted by atomic mass is 32.2. The average Bonchev–Trinajstić information content (AvgIpc) is 2.69. The van der Waals surface area contributed by atoms with Crippen molar-refractivity contribution < 1.29 is 17.9 Å². The van der Waals surface area contributed by atoms with Gasteiger partial charge in [-0.2, -0.15) is 0 Å². The Morgan fingerprint density at radius 1 is 1.11 bits per heavy atom. The lowest BCUT2D eigenvalue weighted by Gasteiger charge is -2.43. The number of nitrogens with zero attached hydrogens (tertiary/aromatic N) is 2. The summed E-state index contributed by atoms with van der Waals surface area (Å²) in [5.41, 5.74) is 1.04. The molecular formula is C20H31N3O4S. The van der Waals surface area contributed by atoms with Gasteiger partial charge in [0.2, 0.25) is 10.0 Å². The van der Waals surface area contributed by atoms with E-state index in [0.717, 1.165) is 44.3 Å². The van der Waals surface area contributed by atoms with Gasteiger partial charge < -0.3 is 9.64 Å². The van der Waals surface area contributed by atoms with Gasteiger partial charge in [0.25, 0.3) is 0 Å². The van der Waals surface area contributed by atoms with Gasteiger partial charge in [0, 0.05) is 38.3 Å². The van der Waals surface area contributed by atoms with E-state index in [1.165, 1.54) is 0 Å². The fourth-order valence-electron chi connectivity index (χ4n) is 4.12. The van der Waals surface area contributed by atoms with Gasteiger partial charge in [0.05, 0.1) is 11.5 Å². The third-order valence-corrected chi connectivity index (χ3v) is 7.18. The topological polar surface area (TPSA) is 79.0 Å². The first-order valence-corrected chi connectivity index (χ1v) is 11.6. The summed E-state index contributed by atoms with van der Waals surface area (Å²) in [4.78, 5) is 16.3. The molecule has 1 aliphatic heterocycles. The largest absolute Gasteiger partial charge is 0.450 e. The van der Waals surface area contributed by atoms with Crippen molar-refractivity contribution >= 4 is 16.1 Å². The van der Waals surface area contributed by atoms with Crippen LogP contribution in [0.15, 0.2) is 29.2 Å². The van der Waals surface area contributed by atoms with Gasteiger partial charge in [0.15, 0.2) is 0 Å². The number of piperazine rings is 1. The number of hydrogen-bond donors (Lipinski definition) is 1. The van der Waals surface area contributed by atoms with Crippen LogP contribution in [0.25, 0.3) is 0 Å². The van der Waals surface area contributed by atoms with E-state index in [2.05, 4.69) is 9.62 Å². The van der Waals surface area contributed by atoms with Crippen molar-refractivity contribution in [1.82, 2.24) is 14.5 Å². The minimum absolute atomic E-state index is 0.103. The summed E-state index contributed by atoms with van der Waals surface area (Å²) < 4.78 is 33.7. The average molecular weight is 410 g/mol. The molecule has 0 radical (unpaired) electrons. The lowest BCUT2D eigenvalue weighted by atomic mass is 9.89. The third kappa shape index (κ3) is 5.04. The summed E-state index contributed by atoms with van der Waals surface area (Å²) in [6.45, 7) is 6.85. The number of aryl methyl sites for hydroxylation is 1. The molecule has 1 aliphatic carbocycles. The second-order valence-electron chi connectivity index (χ2n) is 7.61. The van der Waals surface area contributed by atoms with E-state index in [9.17, 15) is 13.2 Å². The number of ether oxygens (including phenoxy) is 1. The van der Waals surface area contributed by atoms with E-state index >= 15 is 0 Å². The summed E-state index contributed by atoms with van der Waals surface area (Å²) in [7, 11) is -3.54. The molecule has 1 N–H and O–H groups in total. The molecule has 7 nitrogen and oxygen atoms in total. The van der Waals surface area contributed by atoms with Crippen molar-refractivity contribution in [1.29, 1.82) is 0 Å². The maximum atomic E-state index is 12.9. The molecule has 1 amide bonds. The standard InChI is InChI=1S/C20H31N3O4S/c1-3-27-20(24)23-14-12-22(13-15-23)19-7-5-4-6-18(19)21-28(25,26)17-10-8-16(2)9-11-17/h8-11,18-19,21H,3-7,12-15H2,1-2H3/t18-,19-/m0/s1. The Morgan fingerprint density at radius 3 is 2.39 bits per heavy atom. The van der Waals surface area contributed by atoms with E-state index in [-0.39, 0.29) is 18.2 Å². The van der Waals surface area contributed by atoms with Crippen LogP contribution in [0.5, 0.6) is 0 Å². The molecule has 0 unspecified atom stereocenters. The Balaban J connectivity index is 1.64. The maximum Gasteiger partial charge on any atom is 0.409 e. The van der Waals surface area contributed by atoms with Gasteiger partial charge in [-0.15, -0.1) is 0 Å². The number of amides is 1. The van der Waals surface area contributed by atoms with Gasteiger partial charge in [-0.05, 0) is 38.8 Å². The van der Waals surface area contributed by atoms with E-state index in [1.807, 2.05) is 19.1 Å². The normalized spacial score (nSPS) is 24.1. The second kappa shape index (κ2) is 9.24. The van der Waals surface area contributed by atoms with Crippen molar-refractivity contribution in [3.8, 4) is 0 Å². The predicted octanol–water partition coefficient (Wildman–Crippen LogP) is 2.36. The zero-order chi connectivity index (χ0) is 20.1. The quantitative estimate of drug-likeness (QED) is 0.808. The van der Waals surface area contributed by atoms with Crippen molar-refractivity contribution in [3.05, 3.63) is 29.8 Å². The van der Waals surface area contributed by atoms with Crippen molar-refractivity contribution in [2.75, 3.05) is 32.8 Å². The van der Waals surface area contributed by atoms with Crippen molar-refractivity contribution in [3.63, 3.8) is 0 Å². The lowest BCUT2D eigenvalue weighted by Crippen LogP contribution is -2.58. The summed E-state index contributed by atoms with van der Waals surface area (Å²) in [6.07, 6.45) is 3.68. The molecule has 0 aromatic heterocycles. The Labute approximate surface area is 168 Å². The molecule has 3 rings (SSSR count). The fraction of sp³-hybridized carbons (Fsp3) is 0.650. The first kappa shape index (κ1) is 21.1.